The molecule has 4 rings (SSSR count). The maximum atomic E-state index is 13.4. The van der Waals surface area contributed by atoms with E-state index in [9.17, 15) is 9.59 Å². The molecule has 0 unspecified atom stereocenters. The molecule has 0 radical (unpaired) electrons. The first kappa shape index (κ1) is 22.9. The van der Waals surface area contributed by atoms with Gasteiger partial charge in [0.05, 0.1) is 17.0 Å². The minimum Gasteiger partial charge on any atom is -0.337 e. The second-order valence-corrected chi connectivity index (χ2v) is 9.24. The lowest BCUT2D eigenvalue weighted by Gasteiger charge is -2.19. The van der Waals surface area contributed by atoms with Crippen molar-refractivity contribution < 1.29 is 4.79 Å². The number of carbonyl (C=O) groups excluding carboxylic acids is 1. The normalized spacial score (nSPS) is 12.1. The molecular weight excluding hydrogens is 460 g/mol. The van der Waals surface area contributed by atoms with Crippen LogP contribution >= 0.6 is 22.9 Å². The van der Waals surface area contributed by atoms with Gasteiger partial charge in [0, 0.05) is 31.5 Å². The van der Waals surface area contributed by atoms with Crippen LogP contribution in [0.1, 0.15) is 44.1 Å². The van der Waals surface area contributed by atoms with E-state index in [-0.39, 0.29) is 11.5 Å². The molecule has 1 aromatic carbocycles. The van der Waals surface area contributed by atoms with E-state index < -0.39 is 6.04 Å². The summed E-state index contributed by atoms with van der Waals surface area (Å²) < 4.78 is 3.16. The molecule has 4 aromatic rings. The Balaban J connectivity index is 1.73. The standard InChI is InChI=1S/C23H23ClN6O2S/c1-12-13(2)28-30(5)23(32)17(12)22-26-14(3)19(33-22)21(31)27-18(20-25-10-11-29(20)4)15-6-8-16(24)9-7-15/h6-11,18H,1-5H3,(H,27,31)/t18-/m0/s1. The predicted molar refractivity (Wildman–Crippen MR) is 129 cm³/mol. The van der Waals surface area contributed by atoms with Crippen molar-refractivity contribution >= 4 is 28.8 Å². The smallest absolute Gasteiger partial charge is 0.277 e. The molecule has 1 N–H and O–H groups in total. The topological polar surface area (TPSA) is 94.7 Å². The van der Waals surface area contributed by atoms with Crippen molar-refractivity contribution in [2.45, 2.75) is 26.8 Å². The van der Waals surface area contributed by atoms with E-state index in [4.69, 9.17) is 11.6 Å². The number of rotatable bonds is 5. The van der Waals surface area contributed by atoms with Crippen LogP contribution in [0.5, 0.6) is 0 Å². The average molecular weight is 483 g/mol. The quantitative estimate of drug-likeness (QED) is 0.467. The Morgan fingerprint density at radius 2 is 1.82 bits per heavy atom. The van der Waals surface area contributed by atoms with Gasteiger partial charge in [-0.15, -0.1) is 11.3 Å². The van der Waals surface area contributed by atoms with Gasteiger partial charge >= 0.3 is 0 Å². The minimum absolute atomic E-state index is 0.245. The largest absolute Gasteiger partial charge is 0.337 e. The van der Waals surface area contributed by atoms with Gasteiger partial charge in [0.15, 0.2) is 0 Å². The molecule has 3 heterocycles. The number of nitrogens with one attached hydrogen (secondary N) is 1. The van der Waals surface area contributed by atoms with E-state index >= 15 is 0 Å². The number of hydrogen-bond donors (Lipinski definition) is 1. The highest BCUT2D eigenvalue weighted by molar-refractivity contribution is 7.17. The number of aromatic nitrogens is 5. The maximum absolute atomic E-state index is 13.4. The minimum atomic E-state index is -0.488. The van der Waals surface area contributed by atoms with Gasteiger partial charge in [-0.2, -0.15) is 5.10 Å². The second kappa shape index (κ2) is 8.92. The first-order chi connectivity index (χ1) is 15.7. The van der Waals surface area contributed by atoms with Gasteiger partial charge in [-0.05, 0) is 44.0 Å². The van der Waals surface area contributed by atoms with Gasteiger partial charge in [0.2, 0.25) is 0 Å². The number of aryl methyl sites for hydroxylation is 4. The molecule has 170 valence electrons. The van der Waals surface area contributed by atoms with Crippen LogP contribution in [0.25, 0.3) is 10.6 Å². The highest BCUT2D eigenvalue weighted by Crippen LogP contribution is 2.30. The maximum Gasteiger partial charge on any atom is 0.277 e. The van der Waals surface area contributed by atoms with E-state index in [1.807, 2.05) is 43.8 Å². The van der Waals surface area contributed by atoms with E-state index in [2.05, 4.69) is 20.4 Å². The van der Waals surface area contributed by atoms with Crippen molar-refractivity contribution in [2.75, 3.05) is 0 Å². The van der Waals surface area contributed by atoms with Gasteiger partial charge < -0.3 is 9.88 Å². The van der Waals surface area contributed by atoms with Crippen LogP contribution in [-0.2, 0) is 14.1 Å². The Morgan fingerprint density at radius 3 is 2.45 bits per heavy atom. The SMILES string of the molecule is Cc1nc(-c2c(C)c(C)nn(C)c2=O)sc1C(=O)N[C@@H](c1ccc(Cl)cc1)c1nccn1C. The molecule has 33 heavy (non-hydrogen) atoms. The third kappa shape index (κ3) is 4.34. The molecule has 0 saturated carbocycles. The highest BCUT2D eigenvalue weighted by Gasteiger charge is 2.25. The van der Waals surface area contributed by atoms with Crippen molar-refractivity contribution in [3.63, 3.8) is 0 Å². The van der Waals surface area contributed by atoms with Crippen LogP contribution in [0.4, 0.5) is 0 Å². The van der Waals surface area contributed by atoms with Gasteiger partial charge in [-0.1, -0.05) is 23.7 Å². The molecule has 1 amide bonds. The van der Waals surface area contributed by atoms with E-state index in [0.717, 1.165) is 16.8 Å². The Labute approximate surface area is 199 Å². The van der Waals surface area contributed by atoms with Crippen LogP contribution in [-0.4, -0.2) is 30.2 Å². The fraction of sp³-hybridized carbons (Fsp3) is 0.261. The van der Waals surface area contributed by atoms with Crippen LogP contribution < -0.4 is 10.9 Å². The summed E-state index contributed by atoms with van der Waals surface area (Å²) in [5, 5.41) is 8.41. The third-order valence-corrected chi connectivity index (χ3v) is 6.96. The molecule has 8 nitrogen and oxygen atoms in total. The van der Waals surface area contributed by atoms with E-state index in [1.54, 1.807) is 32.3 Å². The Hall–Kier alpha value is -3.30. The number of nitrogens with zero attached hydrogens (tertiary/aromatic N) is 5. The third-order valence-electron chi connectivity index (χ3n) is 5.54. The first-order valence-corrected chi connectivity index (χ1v) is 11.4. The van der Waals surface area contributed by atoms with Crippen molar-refractivity contribution in [3.05, 3.63) is 85.3 Å². The van der Waals surface area contributed by atoms with Crippen LogP contribution in [0.15, 0.2) is 41.5 Å². The Morgan fingerprint density at radius 1 is 1.12 bits per heavy atom. The lowest BCUT2D eigenvalue weighted by Crippen LogP contribution is -2.31. The van der Waals surface area contributed by atoms with E-state index in [0.29, 0.717) is 32.0 Å². The zero-order valence-corrected chi connectivity index (χ0v) is 20.5. The van der Waals surface area contributed by atoms with Crippen LogP contribution in [0, 0.1) is 20.8 Å². The summed E-state index contributed by atoms with van der Waals surface area (Å²) in [6.07, 6.45) is 3.51. The summed E-state index contributed by atoms with van der Waals surface area (Å²) in [5.74, 6) is 0.391. The zero-order valence-electron chi connectivity index (χ0n) is 18.9. The van der Waals surface area contributed by atoms with Crippen molar-refractivity contribution in [1.29, 1.82) is 0 Å². The molecule has 10 heteroatoms. The Kier molecular flexibility index (Phi) is 6.18. The molecule has 0 bridgehead atoms. The number of hydrogen-bond acceptors (Lipinski definition) is 6. The first-order valence-electron chi connectivity index (χ1n) is 10.2. The number of carbonyl (C=O) groups is 1. The summed E-state index contributed by atoms with van der Waals surface area (Å²) in [7, 11) is 3.48. The highest BCUT2D eigenvalue weighted by atomic mass is 35.5. The number of benzene rings is 1. The van der Waals surface area contributed by atoms with Gasteiger partial charge in [-0.3, -0.25) is 9.59 Å². The lowest BCUT2D eigenvalue weighted by atomic mass is 10.1. The summed E-state index contributed by atoms with van der Waals surface area (Å²) in [6, 6.07) is 6.79. The molecule has 1 atom stereocenters. The number of halogens is 1. The predicted octanol–water partition coefficient (Wildman–Crippen LogP) is 3.74. The average Bonchev–Trinajstić information content (AvgIpc) is 3.37. The van der Waals surface area contributed by atoms with Crippen molar-refractivity contribution in [1.82, 2.24) is 29.6 Å². The number of amides is 1. The number of imidazole rings is 1. The van der Waals surface area contributed by atoms with Gasteiger partial charge in [0.25, 0.3) is 11.5 Å². The lowest BCUT2D eigenvalue weighted by molar-refractivity contribution is 0.0944. The summed E-state index contributed by atoms with van der Waals surface area (Å²) >= 11 is 7.25. The molecule has 0 fully saturated rings. The molecule has 3 aromatic heterocycles. The van der Waals surface area contributed by atoms with Crippen molar-refractivity contribution in [2.24, 2.45) is 14.1 Å². The van der Waals surface area contributed by atoms with Crippen LogP contribution in [0.2, 0.25) is 5.02 Å². The van der Waals surface area contributed by atoms with Crippen molar-refractivity contribution in [3.8, 4) is 10.6 Å². The molecular formula is C23H23ClN6O2S. The summed E-state index contributed by atoms with van der Waals surface area (Å²) in [6.45, 7) is 5.45. The zero-order chi connectivity index (χ0) is 23.9. The molecule has 0 aliphatic heterocycles. The van der Waals surface area contributed by atoms with E-state index in [1.165, 1.54) is 16.0 Å². The fourth-order valence-corrected chi connectivity index (χ4v) is 4.81. The fourth-order valence-electron chi connectivity index (χ4n) is 3.62. The molecule has 0 saturated heterocycles. The molecule has 0 spiro atoms. The molecule has 0 aliphatic carbocycles. The van der Waals surface area contributed by atoms with Gasteiger partial charge in [0.1, 0.15) is 21.8 Å². The summed E-state index contributed by atoms with van der Waals surface area (Å²) in [4.78, 5) is 35.6. The van der Waals surface area contributed by atoms with Gasteiger partial charge in [-0.25, -0.2) is 14.6 Å². The second-order valence-electron chi connectivity index (χ2n) is 7.80. The number of thiazole rings is 1. The summed E-state index contributed by atoms with van der Waals surface area (Å²) in [5.41, 5.74) is 3.12. The monoisotopic (exact) mass is 482 g/mol. The van der Waals surface area contributed by atoms with Crippen LogP contribution in [0.3, 0.4) is 0 Å². The Bertz CT molecular complexity index is 1400. The molecule has 0 aliphatic rings.